The molecule has 0 fully saturated rings. The molecule has 24 heavy (non-hydrogen) atoms. The normalized spacial score (nSPS) is 11.4. The van der Waals surface area contributed by atoms with Gasteiger partial charge in [-0.05, 0) is 67.9 Å². The first-order valence-electron chi connectivity index (χ1n) is 7.41. The minimum atomic E-state index is -1.28. The van der Waals surface area contributed by atoms with Crippen molar-refractivity contribution in [2.75, 3.05) is 7.05 Å². The molecule has 0 spiro atoms. The highest BCUT2D eigenvalue weighted by Gasteiger charge is 2.35. The fourth-order valence-electron chi connectivity index (χ4n) is 2.21. The van der Waals surface area contributed by atoms with E-state index in [1.54, 1.807) is 28.9 Å². The van der Waals surface area contributed by atoms with Gasteiger partial charge in [0.15, 0.2) is 0 Å². The molecule has 128 valence electrons. The summed E-state index contributed by atoms with van der Waals surface area (Å²) in [5.74, 6) is -1.40. The van der Waals surface area contributed by atoms with E-state index in [2.05, 4.69) is 21.0 Å². The summed E-state index contributed by atoms with van der Waals surface area (Å²) in [6.45, 7) is 6.85. The number of benzene rings is 1. The summed E-state index contributed by atoms with van der Waals surface area (Å²) in [7, 11) is 1.49. The average molecular weight is 394 g/mol. The van der Waals surface area contributed by atoms with Gasteiger partial charge in [-0.15, -0.1) is 0 Å². The smallest absolute Gasteiger partial charge is 0.329 e. The van der Waals surface area contributed by atoms with Crippen molar-refractivity contribution in [1.82, 2.24) is 14.7 Å². The van der Waals surface area contributed by atoms with E-state index in [0.29, 0.717) is 5.56 Å². The minimum Gasteiger partial charge on any atom is -0.480 e. The molecular formula is C17H20BrN3O3. The Morgan fingerprint density at radius 2 is 1.75 bits per heavy atom. The lowest BCUT2D eigenvalue weighted by Gasteiger charge is -2.31. The first kappa shape index (κ1) is 18.2. The van der Waals surface area contributed by atoms with Crippen molar-refractivity contribution in [2.45, 2.75) is 33.2 Å². The van der Waals surface area contributed by atoms with Crippen LogP contribution < -0.4 is 0 Å². The first-order valence-corrected chi connectivity index (χ1v) is 8.20. The van der Waals surface area contributed by atoms with E-state index in [1.165, 1.54) is 25.8 Å². The molecule has 0 aliphatic heterocycles. The maximum atomic E-state index is 12.5. The summed E-state index contributed by atoms with van der Waals surface area (Å²) in [4.78, 5) is 25.0. The van der Waals surface area contributed by atoms with E-state index in [9.17, 15) is 14.7 Å². The van der Waals surface area contributed by atoms with Gasteiger partial charge in [-0.2, -0.15) is 5.10 Å². The van der Waals surface area contributed by atoms with E-state index in [0.717, 1.165) is 21.5 Å². The Hall–Kier alpha value is -2.15. The topological polar surface area (TPSA) is 75.4 Å². The highest BCUT2D eigenvalue weighted by Crippen LogP contribution is 2.23. The zero-order valence-corrected chi connectivity index (χ0v) is 15.9. The number of aliphatic carboxylic acids is 1. The van der Waals surface area contributed by atoms with E-state index in [1.807, 2.05) is 13.8 Å². The third-order valence-electron chi connectivity index (χ3n) is 4.23. The first-order chi connectivity index (χ1) is 11.1. The number of carbonyl (C=O) groups excluding carboxylic acids is 1. The summed E-state index contributed by atoms with van der Waals surface area (Å²) in [6, 6.07) is 6.94. The summed E-state index contributed by atoms with van der Waals surface area (Å²) in [5, 5.41) is 13.7. The Bertz CT molecular complexity index is 794. The molecule has 0 aliphatic rings. The quantitative estimate of drug-likeness (QED) is 0.865. The van der Waals surface area contributed by atoms with E-state index in [4.69, 9.17) is 0 Å². The van der Waals surface area contributed by atoms with E-state index >= 15 is 0 Å². The van der Waals surface area contributed by atoms with Crippen molar-refractivity contribution < 1.29 is 14.7 Å². The molecular weight excluding hydrogens is 374 g/mol. The van der Waals surface area contributed by atoms with Crippen molar-refractivity contribution in [2.24, 2.45) is 0 Å². The second-order valence-electron chi connectivity index (χ2n) is 6.17. The number of hydrogen-bond donors (Lipinski definition) is 1. The molecule has 0 saturated carbocycles. The molecule has 7 heteroatoms. The fraction of sp³-hybridized carbons (Fsp3) is 0.353. The van der Waals surface area contributed by atoms with Crippen LogP contribution in [0.15, 0.2) is 28.7 Å². The fourth-order valence-corrected chi connectivity index (χ4v) is 2.46. The molecule has 6 nitrogen and oxygen atoms in total. The maximum Gasteiger partial charge on any atom is 0.329 e. The molecule has 0 aliphatic carbocycles. The lowest BCUT2D eigenvalue weighted by molar-refractivity contribution is -0.147. The van der Waals surface area contributed by atoms with Crippen LogP contribution in [0.5, 0.6) is 0 Å². The Kier molecular flexibility index (Phi) is 4.85. The summed E-state index contributed by atoms with van der Waals surface area (Å²) in [5.41, 5.74) is 1.83. The summed E-state index contributed by atoms with van der Waals surface area (Å²) in [6.07, 6.45) is 0. The van der Waals surface area contributed by atoms with Crippen molar-refractivity contribution in [3.05, 3.63) is 45.7 Å². The molecule has 0 saturated heterocycles. The van der Waals surface area contributed by atoms with Gasteiger partial charge in [-0.25, -0.2) is 9.48 Å². The number of carboxylic acid groups (broad SMARTS) is 1. The van der Waals surface area contributed by atoms with Gasteiger partial charge in [0.2, 0.25) is 0 Å². The second-order valence-corrected chi connectivity index (χ2v) is 6.96. The Morgan fingerprint density at radius 3 is 2.17 bits per heavy atom. The molecule has 1 aromatic heterocycles. The minimum absolute atomic E-state index is 0.344. The number of halogens is 1. The third kappa shape index (κ3) is 3.08. The molecule has 0 radical (unpaired) electrons. The van der Waals surface area contributed by atoms with Gasteiger partial charge < -0.3 is 10.0 Å². The van der Waals surface area contributed by atoms with Gasteiger partial charge in [0.1, 0.15) is 5.54 Å². The SMILES string of the molecule is Cc1nn(-c2ccc(C(=O)N(C)C(C)(C)C(=O)O)cc2)c(C)c1Br. The molecule has 0 unspecified atom stereocenters. The number of likely N-dealkylation sites (N-methyl/N-ethyl adjacent to an activating group) is 1. The predicted octanol–water partition coefficient (Wildman–Crippen LogP) is 3.19. The van der Waals surface area contributed by atoms with Crippen LogP contribution in [0.2, 0.25) is 0 Å². The average Bonchev–Trinajstić information content (AvgIpc) is 2.81. The van der Waals surface area contributed by atoms with Crippen molar-refractivity contribution >= 4 is 27.8 Å². The molecule has 2 rings (SSSR count). The van der Waals surface area contributed by atoms with Gasteiger partial charge in [-0.3, -0.25) is 4.79 Å². The number of nitrogens with zero attached hydrogens (tertiary/aromatic N) is 3. The second kappa shape index (κ2) is 6.39. The van der Waals surface area contributed by atoms with Gasteiger partial charge in [0.05, 0.1) is 21.5 Å². The van der Waals surface area contributed by atoms with E-state index in [-0.39, 0.29) is 5.91 Å². The number of amides is 1. The molecule has 0 atom stereocenters. The van der Waals surface area contributed by atoms with E-state index < -0.39 is 11.5 Å². The number of rotatable bonds is 4. The standard InChI is InChI=1S/C17H20BrN3O3/c1-10-14(18)11(2)21(19-10)13-8-6-12(7-9-13)15(22)20(5)17(3,4)16(23)24/h6-9H,1-5H3,(H,23,24). The van der Waals surface area contributed by atoms with Crippen molar-refractivity contribution in [1.29, 1.82) is 0 Å². The molecule has 1 N–H and O–H groups in total. The Balaban J connectivity index is 2.31. The monoisotopic (exact) mass is 393 g/mol. The Morgan fingerprint density at radius 1 is 1.21 bits per heavy atom. The molecule has 2 aromatic rings. The zero-order chi connectivity index (χ0) is 18.2. The number of hydrogen-bond acceptors (Lipinski definition) is 3. The van der Waals surface area contributed by atoms with Gasteiger partial charge in [-0.1, -0.05) is 0 Å². The highest BCUT2D eigenvalue weighted by atomic mass is 79.9. The van der Waals surface area contributed by atoms with Crippen molar-refractivity contribution in [3.63, 3.8) is 0 Å². The van der Waals surface area contributed by atoms with Crippen LogP contribution in [0, 0.1) is 13.8 Å². The largest absolute Gasteiger partial charge is 0.480 e. The van der Waals surface area contributed by atoms with Crippen molar-refractivity contribution in [3.8, 4) is 5.69 Å². The summed E-state index contributed by atoms with van der Waals surface area (Å²) < 4.78 is 2.74. The lowest BCUT2D eigenvalue weighted by atomic mass is 10.0. The van der Waals surface area contributed by atoms with Crippen LogP contribution in [-0.4, -0.2) is 44.3 Å². The molecule has 1 amide bonds. The van der Waals surface area contributed by atoms with Gasteiger partial charge >= 0.3 is 5.97 Å². The van der Waals surface area contributed by atoms with Crippen LogP contribution >= 0.6 is 15.9 Å². The third-order valence-corrected chi connectivity index (χ3v) is 5.38. The lowest BCUT2D eigenvalue weighted by Crippen LogP contribution is -2.50. The molecule has 1 aromatic carbocycles. The van der Waals surface area contributed by atoms with Crippen LogP contribution in [0.25, 0.3) is 5.69 Å². The van der Waals surface area contributed by atoms with Gasteiger partial charge in [0.25, 0.3) is 5.91 Å². The number of carbonyl (C=O) groups is 2. The zero-order valence-electron chi connectivity index (χ0n) is 14.3. The van der Waals surface area contributed by atoms with Crippen LogP contribution in [0.4, 0.5) is 0 Å². The maximum absolute atomic E-state index is 12.5. The Labute approximate surface area is 149 Å². The molecule has 0 bridgehead atoms. The van der Waals surface area contributed by atoms with Crippen LogP contribution in [-0.2, 0) is 4.79 Å². The van der Waals surface area contributed by atoms with Crippen LogP contribution in [0.3, 0.4) is 0 Å². The summed E-state index contributed by atoms with van der Waals surface area (Å²) >= 11 is 3.49. The number of aromatic nitrogens is 2. The molecule has 1 heterocycles. The number of aryl methyl sites for hydroxylation is 1. The highest BCUT2D eigenvalue weighted by molar-refractivity contribution is 9.10. The predicted molar refractivity (Wildman–Crippen MR) is 94.5 cm³/mol. The van der Waals surface area contributed by atoms with Gasteiger partial charge in [0, 0.05) is 12.6 Å². The van der Waals surface area contributed by atoms with Crippen LogP contribution in [0.1, 0.15) is 35.6 Å². The number of carboxylic acids is 1.